The molecular weight excluding hydrogens is 214 g/mol. The van der Waals surface area contributed by atoms with Crippen molar-refractivity contribution in [3.8, 4) is 0 Å². The van der Waals surface area contributed by atoms with E-state index in [9.17, 15) is 4.79 Å². The standard InChI is InChI=1S/C9H15N3O2S/c1-2-7(4-13)12-9(14)10-3-8-5-15-6-11-8/h5-7,13H,2-4H2,1H3,(H2,10,12,14). The summed E-state index contributed by atoms with van der Waals surface area (Å²) >= 11 is 1.49. The summed E-state index contributed by atoms with van der Waals surface area (Å²) in [6.07, 6.45) is 0.709. The average molecular weight is 229 g/mol. The Kier molecular flexibility index (Phi) is 5.06. The maximum Gasteiger partial charge on any atom is 0.315 e. The van der Waals surface area contributed by atoms with Crippen molar-refractivity contribution in [2.45, 2.75) is 25.9 Å². The van der Waals surface area contributed by atoms with Crippen LogP contribution in [0.2, 0.25) is 0 Å². The summed E-state index contributed by atoms with van der Waals surface area (Å²) in [6.45, 7) is 2.28. The number of nitrogens with one attached hydrogen (secondary N) is 2. The fourth-order valence-corrected chi connectivity index (χ4v) is 1.57. The molecule has 0 saturated heterocycles. The summed E-state index contributed by atoms with van der Waals surface area (Å²) in [7, 11) is 0. The van der Waals surface area contributed by atoms with Gasteiger partial charge in [0.05, 0.1) is 30.4 Å². The summed E-state index contributed by atoms with van der Waals surface area (Å²) in [4.78, 5) is 15.3. The molecule has 0 radical (unpaired) electrons. The van der Waals surface area contributed by atoms with Gasteiger partial charge in [0.25, 0.3) is 0 Å². The maximum absolute atomic E-state index is 11.3. The Morgan fingerprint density at radius 2 is 2.53 bits per heavy atom. The van der Waals surface area contributed by atoms with E-state index in [1.54, 1.807) is 5.51 Å². The van der Waals surface area contributed by atoms with Crippen LogP contribution in [0.3, 0.4) is 0 Å². The lowest BCUT2D eigenvalue weighted by Gasteiger charge is -2.14. The number of carbonyl (C=O) groups excluding carboxylic acids is 1. The van der Waals surface area contributed by atoms with Gasteiger partial charge in [0.2, 0.25) is 0 Å². The molecule has 0 fully saturated rings. The molecule has 0 bridgehead atoms. The quantitative estimate of drug-likeness (QED) is 0.696. The highest BCUT2D eigenvalue weighted by Gasteiger charge is 2.08. The molecule has 1 atom stereocenters. The molecule has 0 aromatic carbocycles. The van der Waals surface area contributed by atoms with Gasteiger partial charge in [0.15, 0.2) is 0 Å². The van der Waals surface area contributed by atoms with Gasteiger partial charge in [0.1, 0.15) is 0 Å². The largest absolute Gasteiger partial charge is 0.394 e. The average Bonchev–Trinajstić information content (AvgIpc) is 2.75. The summed E-state index contributed by atoms with van der Waals surface area (Å²) in [5.41, 5.74) is 2.56. The number of nitrogens with zero attached hydrogens (tertiary/aromatic N) is 1. The minimum Gasteiger partial charge on any atom is -0.394 e. The maximum atomic E-state index is 11.3. The van der Waals surface area contributed by atoms with E-state index in [2.05, 4.69) is 15.6 Å². The normalized spacial score (nSPS) is 12.1. The Hall–Kier alpha value is -1.14. The molecule has 84 valence electrons. The molecule has 15 heavy (non-hydrogen) atoms. The summed E-state index contributed by atoms with van der Waals surface area (Å²) in [5.74, 6) is 0. The van der Waals surface area contributed by atoms with E-state index in [-0.39, 0.29) is 18.7 Å². The third-order valence-corrected chi connectivity index (χ3v) is 2.60. The summed E-state index contributed by atoms with van der Waals surface area (Å²) < 4.78 is 0. The second-order valence-electron chi connectivity index (χ2n) is 3.09. The van der Waals surface area contributed by atoms with Crippen LogP contribution in [0.4, 0.5) is 4.79 Å². The van der Waals surface area contributed by atoms with Crippen LogP contribution in [0.1, 0.15) is 19.0 Å². The molecule has 2 amide bonds. The van der Waals surface area contributed by atoms with Gasteiger partial charge >= 0.3 is 6.03 Å². The van der Waals surface area contributed by atoms with E-state index in [1.165, 1.54) is 11.3 Å². The number of aliphatic hydroxyl groups is 1. The van der Waals surface area contributed by atoms with Crippen molar-refractivity contribution in [3.63, 3.8) is 0 Å². The first-order chi connectivity index (χ1) is 7.26. The molecule has 1 unspecified atom stereocenters. The molecule has 1 rings (SSSR count). The molecule has 5 nitrogen and oxygen atoms in total. The van der Waals surface area contributed by atoms with E-state index in [1.807, 2.05) is 12.3 Å². The molecule has 0 aliphatic heterocycles. The lowest BCUT2D eigenvalue weighted by atomic mass is 10.2. The van der Waals surface area contributed by atoms with Crippen LogP contribution >= 0.6 is 11.3 Å². The van der Waals surface area contributed by atoms with Crippen LogP contribution in [-0.2, 0) is 6.54 Å². The number of urea groups is 1. The number of aliphatic hydroxyl groups excluding tert-OH is 1. The van der Waals surface area contributed by atoms with E-state index in [4.69, 9.17) is 5.11 Å². The topological polar surface area (TPSA) is 74.2 Å². The second-order valence-corrected chi connectivity index (χ2v) is 3.81. The molecule has 1 heterocycles. The molecule has 3 N–H and O–H groups in total. The number of hydrogen-bond donors (Lipinski definition) is 3. The predicted molar refractivity (Wildman–Crippen MR) is 58.7 cm³/mol. The SMILES string of the molecule is CCC(CO)NC(=O)NCc1cscn1. The van der Waals surface area contributed by atoms with Crippen molar-refractivity contribution >= 4 is 17.4 Å². The lowest BCUT2D eigenvalue weighted by molar-refractivity contribution is 0.214. The van der Waals surface area contributed by atoms with Crippen LogP contribution in [0.15, 0.2) is 10.9 Å². The van der Waals surface area contributed by atoms with Gasteiger partial charge in [-0.05, 0) is 6.42 Å². The zero-order valence-electron chi connectivity index (χ0n) is 8.56. The lowest BCUT2D eigenvalue weighted by Crippen LogP contribution is -2.43. The van der Waals surface area contributed by atoms with Gasteiger partial charge in [-0.15, -0.1) is 11.3 Å². The van der Waals surface area contributed by atoms with Crippen molar-refractivity contribution in [3.05, 3.63) is 16.6 Å². The van der Waals surface area contributed by atoms with Gasteiger partial charge in [0, 0.05) is 5.38 Å². The first-order valence-electron chi connectivity index (χ1n) is 4.78. The number of aromatic nitrogens is 1. The van der Waals surface area contributed by atoms with Gasteiger partial charge < -0.3 is 15.7 Å². The minimum atomic E-state index is -0.274. The molecule has 0 aliphatic rings. The first kappa shape index (κ1) is 11.9. The number of thiazole rings is 1. The highest BCUT2D eigenvalue weighted by Crippen LogP contribution is 1.99. The first-order valence-corrected chi connectivity index (χ1v) is 5.72. The van der Waals surface area contributed by atoms with Crippen molar-refractivity contribution in [2.24, 2.45) is 0 Å². The molecule has 0 saturated carbocycles. The van der Waals surface area contributed by atoms with Crippen LogP contribution in [0.5, 0.6) is 0 Å². The Balaban J connectivity index is 2.24. The van der Waals surface area contributed by atoms with Crippen molar-refractivity contribution in [1.82, 2.24) is 15.6 Å². The number of rotatable bonds is 5. The monoisotopic (exact) mass is 229 g/mol. The number of hydrogen-bond acceptors (Lipinski definition) is 4. The van der Waals surface area contributed by atoms with E-state index in [0.717, 1.165) is 5.69 Å². The Bertz CT molecular complexity index is 286. The number of carbonyl (C=O) groups is 1. The van der Waals surface area contributed by atoms with Crippen LogP contribution in [0, 0.1) is 0 Å². The van der Waals surface area contributed by atoms with Gasteiger partial charge in [-0.25, -0.2) is 9.78 Å². The van der Waals surface area contributed by atoms with E-state index >= 15 is 0 Å². The van der Waals surface area contributed by atoms with Crippen LogP contribution < -0.4 is 10.6 Å². The third-order valence-electron chi connectivity index (χ3n) is 1.96. The van der Waals surface area contributed by atoms with Crippen LogP contribution in [0.25, 0.3) is 0 Å². The molecular formula is C9H15N3O2S. The number of amides is 2. The minimum absolute atomic E-state index is 0.0411. The zero-order chi connectivity index (χ0) is 11.1. The van der Waals surface area contributed by atoms with E-state index < -0.39 is 0 Å². The molecule has 0 aliphatic carbocycles. The fraction of sp³-hybridized carbons (Fsp3) is 0.556. The molecule has 6 heteroatoms. The Morgan fingerprint density at radius 1 is 1.73 bits per heavy atom. The van der Waals surface area contributed by atoms with Crippen molar-refractivity contribution in [2.75, 3.05) is 6.61 Å². The van der Waals surface area contributed by atoms with Crippen molar-refractivity contribution in [1.29, 1.82) is 0 Å². The van der Waals surface area contributed by atoms with Crippen LogP contribution in [-0.4, -0.2) is 28.8 Å². The predicted octanol–water partition coefficient (Wildman–Crippen LogP) is 0.713. The van der Waals surface area contributed by atoms with Crippen molar-refractivity contribution < 1.29 is 9.90 Å². The summed E-state index contributed by atoms with van der Waals surface area (Å²) in [6, 6.07) is -0.454. The molecule has 1 aromatic heterocycles. The highest BCUT2D eigenvalue weighted by atomic mass is 32.1. The van der Waals surface area contributed by atoms with E-state index in [0.29, 0.717) is 13.0 Å². The summed E-state index contributed by atoms with van der Waals surface area (Å²) in [5, 5.41) is 16.1. The van der Waals surface area contributed by atoms with Gasteiger partial charge in [-0.2, -0.15) is 0 Å². The highest BCUT2D eigenvalue weighted by molar-refractivity contribution is 7.07. The molecule has 1 aromatic rings. The smallest absolute Gasteiger partial charge is 0.315 e. The third kappa shape index (κ3) is 4.26. The fourth-order valence-electron chi connectivity index (χ4n) is 1.01. The Morgan fingerprint density at radius 3 is 3.07 bits per heavy atom. The Labute approximate surface area is 92.5 Å². The van der Waals surface area contributed by atoms with Gasteiger partial charge in [-0.3, -0.25) is 0 Å². The zero-order valence-corrected chi connectivity index (χ0v) is 9.38. The second kappa shape index (κ2) is 6.36. The van der Waals surface area contributed by atoms with Gasteiger partial charge in [-0.1, -0.05) is 6.92 Å². The molecule has 0 spiro atoms.